The maximum absolute atomic E-state index is 13.4. The van der Waals surface area contributed by atoms with Crippen LogP contribution in [0.25, 0.3) is 10.9 Å². The van der Waals surface area contributed by atoms with Gasteiger partial charge in [-0.05, 0) is 56.0 Å². The number of likely N-dealkylation sites (tertiary alicyclic amines) is 1. The second-order valence-corrected chi connectivity index (χ2v) is 10.3. The molecule has 212 valence electrons. The largest absolute Gasteiger partial charge is 0.497 e. The molecule has 0 aliphatic carbocycles. The van der Waals surface area contributed by atoms with Crippen molar-refractivity contribution in [3.8, 4) is 17.6 Å². The van der Waals surface area contributed by atoms with Crippen LogP contribution in [-0.2, 0) is 4.79 Å². The molecule has 1 unspecified atom stereocenters. The lowest BCUT2D eigenvalue weighted by atomic mass is 9.74. The van der Waals surface area contributed by atoms with Crippen molar-refractivity contribution in [3.05, 3.63) is 65.1 Å². The number of aliphatic carboxylic acids is 1. The highest BCUT2D eigenvalue weighted by atomic mass is 19.2. The first-order valence-electron chi connectivity index (χ1n) is 13.0. The van der Waals surface area contributed by atoms with Crippen LogP contribution in [0.1, 0.15) is 42.9 Å². The average molecular weight is 556 g/mol. The molecule has 1 aliphatic heterocycles. The molecule has 2 heterocycles. The molecule has 1 aliphatic rings. The van der Waals surface area contributed by atoms with Crippen LogP contribution >= 0.6 is 0 Å². The lowest BCUT2D eigenvalue weighted by Crippen LogP contribution is -2.44. The number of carboxylic acids is 1. The summed E-state index contributed by atoms with van der Waals surface area (Å²) in [6.45, 7) is 1.19. The number of anilines is 1. The summed E-state index contributed by atoms with van der Waals surface area (Å²) >= 11 is 0. The molecule has 2 N–H and O–H groups in total. The van der Waals surface area contributed by atoms with Gasteiger partial charge in [-0.1, -0.05) is 11.8 Å². The molecule has 0 bridgehead atoms. The highest BCUT2D eigenvalue weighted by Crippen LogP contribution is 2.41. The van der Waals surface area contributed by atoms with Crippen LogP contribution in [0.5, 0.6) is 5.75 Å². The zero-order valence-corrected chi connectivity index (χ0v) is 22.7. The predicted octanol–water partition coefficient (Wildman–Crippen LogP) is 4.76. The minimum absolute atomic E-state index is 0.0284. The highest BCUT2D eigenvalue weighted by molar-refractivity contribution is 5.88. The number of aliphatic hydroxyl groups is 1. The Morgan fingerprint density at radius 3 is 2.45 bits per heavy atom. The number of piperidine rings is 1. The van der Waals surface area contributed by atoms with Crippen LogP contribution in [0.15, 0.2) is 36.5 Å². The Morgan fingerprint density at radius 1 is 1.18 bits per heavy atom. The van der Waals surface area contributed by atoms with Crippen LogP contribution in [0.2, 0.25) is 0 Å². The summed E-state index contributed by atoms with van der Waals surface area (Å²) in [4.78, 5) is 20.8. The number of nitrogens with zero attached hydrogens (tertiary/aromatic N) is 3. The summed E-state index contributed by atoms with van der Waals surface area (Å²) < 4.78 is 45.4. The van der Waals surface area contributed by atoms with Crippen LogP contribution in [0.3, 0.4) is 0 Å². The molecule has 3 aromatic rings. The number of aliphatic hydroxyl groups excluding tert-OH is 1. The first kappa shape index (κ1) is 29.2. The number of benzene rings is 2. The van der Waals surface area contributed by atoms with Crippen LogP contribution in [0.4, 0.5) is 18.9 Å². The van der Waals surface area contributed by atoms with Crippen molar-refractivity contribution in [2.75, 3.05) is 45.7 Å². The molecule has 40 heavy (non-hydrogen) atoms. The molecular weight excluding hydrogens is 523 g/mol. The third-order valence-electron chi connectivity index (χ3n) is 7.59. The minimum Gasteiger partial charge on any atom is -0.497 e. The molecule has 1 atom stereocenters. The molecule has 10 heteroatoms. The fourth-order valence-corrected chi connectivity index (χ4v) is 5.16. The van der Waals surface area contributed by atoms with Gasteiger partial charge < -0.3 is 19.8 Å². The Kier molecular flexibility index (Phi) is 8.86. The van der Waals surface area contributed by atoms with E-state index in [0.29, 0.717) is 42.8 Å². The van der Waals surface area contributed by atoms with E-state index in [1.165, 1.54) is 0 Å². The summed E-state index contributed by atoms with van der Waals surface area (Å²) in [5, 5.41) is 22.3. The van der Waals surface area contributed by atoms with E-state index in [-0.39, 0.29) is 24.9 Å². The quantitative estimate of drug-likeness (QED) is 0.306. The Hall–Kier alpha value is -3.81. The summed E-state index contributed by atoms with van der Waals surface area (Å²) in [5.41, 5.74) is 1.14. The van der Waals surface area contributed by atoms with Gasteiger partial charge in [0.05, 0.1) is 42.6 Å². The maximum atomic E-state index is 13.4. The Labute approximate surface area is 231 Å². The topological polar surface area (TPSA) is 86.1 Å². The van der Waals surface area contributed by atoms with Crippen LogP contribution in [-0.4, -0.2) is 66.9 Å². The van der Waals surface area contributed by atoms with Gasteiger partial charge in [-0.15, -0.1) is 0 Å². The number of halogens is 3. The third kappa shape index (κ3) is 6.16. The molecule has 0 amide bonds. The highest BCUT2D eigenvalue weighted by Gasteiger charge is 2.41. The first-order chi connectivity index (χ1) is 19.0. The van der Waals surface area contributed by atoms with Gasteiger partial charge in [0.15, 0.2) is 17.5 Å². The van der Waals surface area contributed by atoms with Gasteiger partial charge in [0.25, 0.3) is 0 Å². The van der Waals surface area contributed by atoms with Gasteiger partial charge in [-0.2, -0.15) is 0 Å². The first-order valence-corrected chi connectivity index (χ1v) is 13.0. The van der Waals surface area contributed by atoms with E-state index in [1.54, 1.807) is 19.4 Å². The number of ether oxygens (including phenoxy) is 1. The SMILES string of the molecule is COc1ccc2ncc(N(C)C)c(C(O)CCC3(C(=O)O)CCN(CC#Cc4cc(F)c(F)c(F)c4)CC3)c2c1. The number of rotatable bonds is 8. The summed E-state index contributed by atoms with van der Waals surface area (Å²) in [6.07, 6.45) is 2.02. The van der Waals surface area contributed by atoms with Gasteiger partial charge in [-0.25, -0.2) is 13.2 Å². The number of pyridine rings is 1. The molecule has 7 nitrogen and oxygen atoms in total. The zero-order valence-electron chi connectivity index (χ0n) is 22.7. The normalized spacial score (nSPS) is 15.8. The number of hydrogen-bond donors (Lipinski definition) is 2. The molecule has 1 aromatic heterocycles. The molecular formula is C30H32F3N3O4. The van der Waals surface area contributed by atoms with Gasteiger partial charge in [0.1, 0.15) is 5.75 Å². The number of methoxy groups -OCH3 is 1. The lowest BCUT2D eigenvalue weighted by Gasteiger charge is -2.38. The molecule has 0 radical (unpaired) electrons. The van der Waals surface area contributed by atoms with E-state index in [0.717, 1.165) is 23.2 Å². The van der Waals surface area contributed by atoms with Crippen molar-refractivity contribution in [2.24, 2.45) is 5.41 Å². The van der Waals surface area contributed by atoms with E-state index in [9.17, 15) is 28.2 Å². The van der Waals surface area contributed by atoms with Crippen molar-refractivity contribution >= 4 is 22.6 Å². The fraction of sp³-hybridized carbons (Fsp3) is 0.400. The number of aromatic nitrogens is 1. The number of carboxylic acid groups (broad SMARTS) is 1. The van der Waals surface area contributed by atoms with Crippen molar-refractivity contribution in [3.63, 3.8) is 0 Å². The Morgan fingerprint density at radius 2 is 1.85 bits per heavy atom. The third-order valence-corrected chi connectivity index (χ3v) is 7.59. The van der Waals surface area contributed by atoms with Crippen LogP contribution in [0, 0.1) is 34.7 Å². The molecule has 0 saturated carbocycles. The Bertz CT molecular complexity index is 1440. The van der Waals surface area contributed by atoms with Crippen molar-refractivity contribution in [1.82, 2.24) is 9.88 Å². The summed E-state index contributed by atoms with van der Waals surface area (Å²) in [5.74, 6) is 1.05. The van der Waals surface area contributed by atoms with E-state index < -0.39 is 34.9 Å². The van der Waals surface area contributed by atoms with Gasteiger partial charge in [-0.3, -0.25) is 14.7 Å². The summed E-state index contributed by atoms with van der Waals surface area (Å²) in [6, 6.07) is 7.13. The van der Waals surface area contributed by atoms with Crippen molar-refractivity contribution in [2.45, 2.75) is 31.8 Å². The minimum atomic E-state index is -1.54. The molecule has 0 spiro atoms. The second kappa shape index (κ2) is 12.1. The zero-order chi connectivity index (χ0) is 29.0. The van der Waals surface area contributed by atoms with Crippen molar-refractivity contribution < 1.29 is 32.9 Å². The van der Waals surface area contributed by atoms with Crippen LogP contribution < -0.4 is 9.64 Å². The number of hydrogen-bond acceptors (Lipinski definition) is 6. The van der Waals surface area contributed by atoms with E-state index in [4.69, 9.17) is 4.74 Å². The van der Waals surface area contributed by atoms with Gasteiger partial charge in [0, 0.05) is 43.7 Å². The maximum Gasteiger partial charge on any atom is 0.309 e. The van der Waals surface area contributed by atoms with E-state index >= 15 is 0 Å². The van der Waals surface area contributed by atoms with E-state index in [2.05, 4.69) is 16.8 Å². The number of carbonyl (C=O) groups is 1. The number of fused-ring (bicyclic) bond motifs is 1. The average Bonchev–Trinajstić information content (AvgIpc) is 2.94. The van der Waals surface area contributed by atoms with E-state index in [1.807, 2.05) is 36.0 Å². The van der Waals surface area contributed by atoms with Crippen molar-refractivity contribution in [1.29, 1.82) is 0 Å². The molecule has 1 fully saturated rings. The lowest BCUT2D eigenvalue weighted by molar-refractivity contribution is -0.153. The van der Waals surface area contributed by atoms with Gasteiger partial charge in [0.2, 0.25) is 0 Å². The predicted molar refractivity (Wildman–Crippen MR) is 146 cm³/mol. The molecule has 1 saturated heterocycles. The monoisotopic (exact) mass is 555 g/mol. The summed E-state index contributed by atoms with van der Waals surface area (Å²) in [7, 11) is 5.29. The smallest absolute Gasteiger partial charge is 0.309 e. The Balaban J connectivity index is 1.45. The second-order valence-electron chi connectivity index (χ2n) is 10.3. The fourth-order valence-electron chi connectivity index (χ4n) is 5.16. The van der Waals surface area contributed by atoms with Gasteiger partial charge >= 0.3 is 5.97 Å². The molecule has 2 aromatic carbocycles. The standard InChI is InChI=1S/C30H32F3N3O4/c1-35(2)25-18-34-24-7-6-20(40-3)17-21(24)27(25)26(37)8-9-30(29(38)39)10-13-36(14-11-30)12-4-5-19-15-22(31)28(33)23(32)16-19/h6-7,15-18,26,37H,8-14H2,1-3H3,(H,38,39). The molecule has 4 rings (SSSR count).